The molecule has 1 aliphatic rings. The Bertz CT molecular complexity index is 1270. The van der Waals surface area contributed by atoms with Crippen molar-refractivity contribution in [2.24, 2.45) is 0 Å². The Morgan fingerprint density at radius 1 is 1.12 bits per heavy atom. The Labute approximate surface area is 190 Å². The summed E-state index contributed by atoms with van der Waals surface area (Å²) in [7, 11) is 0. The van der Waals surface area contributed by atoms with Crippen LogP contribution < -0.4 is 4.90 Å². The van der Waals surface area contributed by atoms with Crippen molar-refractivity contribution >= 4 is 34.6 Å². The Balaban J connectivity index is 1.41. The van der Waals surface area contributed by atoms with Gasteiger partial charge in [0.1, 0.15) is 5.52 Å². The van der Waals surface area contributed by atoms with E-state index < -0.39 is 0 Å². The van der Waals surface area contributed by atoms with Gasteiger partial charge in [0, 0.05) is 30.7 Å². The zero-order chi connectivity index (χ0) is 22.2. The van der Waals surface area contributed by atoms with E-state index in [-0.39, 0.29) is 11.9 Å². The molecule has 0 bridgehead atoms. The van der Waals surface area contributed by atoms with E-state index >= 15 is 0 Å². The van der Waals surface area contributed by atoms with E-state index in [1.807, 2.05) is 36.1 Å². The van der Waals surface area contributed by atoms with Crippen LogP contribution in [0, 0.1) is 6.92 Å². The van der Waals surface area contributed by atoms with E-state index in [1.54, 1.807) is 24.5 Å². The summed E-state index contributed by atoms with van der Waals surface area (Å²) in [6, 6.07) is 11.7. The summed E-state index contributed by atoms with van der Waals surface area (Å²) in [5, 5.41) is 9.06. The molecule has 164 valence electrons. The van der Waals surface area contributed by atoms with E-state index in [0.29, 0.717) is 41.0 Å². The van der Waals surface area contributed by atoms with Crippen molar-refractivity contribution in [3.8, 4) is 5.69 Å². The van der Waals surface area contributed by atoms with Gasteiger partial charge >= 0.3 is 0 Å². The molecule has 2 aromatic carbocycles. The summed E-state index contributed by atoms with van der Waals surface area (Å²) in [4.78, 5) is 23.8. The summed E-state index contributed by atoms with van der Waals surface area (Å²) in [6.45, 7) is 6.04. The van der Waals surface area contributed by atoms with Gasteiger partial charge < -0.3 is 14.2 Å². The van der Waals surface area contributed by atoms with E-state index in [4.69, 9.17) is 16.0 Å². The number of amides is 1. The lowest BCUT2D eigenvalue weighted by Gasteiger charge is -2.29. The molecule has 0 unspecified atom stereocenters. The SMILES string of the molecule is Cc1ccc(-n2nccn2)c(C(=O)N2CCCN(c3nc4cc(Cl)ccc4o3)C[C@H]2C)c1. The van der Waals surface area contributed by atoms with Crippen LogP contribution in [0.1, 0.15) is 29.3 Å². The van der Waals surface area contributed by atoms with Crippen LogP contribution in [0.4, 0.5) is 6.01 Å². The highest BCUT2D eigenvalue weighted by molar-refractivity contribution is 6.31. The highest BCUT2D eigenvalue weighted by atomic mass is 35.5. The minimum absolute atomic E-state index is 0.0281. The maximum atomic E-state index is 13.6. The number of nitrogens with zero attached hydrogens (tertiary/aromatic N) is 6. The minimum Gasteiger partial charge on any atom is -0.423 e. The van der Waals surface area contributed by atoms with Crippen LogP contribution in [0.25, 0.3) is 16.8 Å². The number of hydrogen-bond donors (Lipinski definition) is 0. The maximum absolute atomic E-state index is 13.6. The van der Waals surface area contributed by atoms with Crippen LogP contribution in [0.15, 0.2) is 53.2 Å². The molecular formula is C23H23ClN6O2. The molecule has 0 radical (unpaired) electrons. The lowest BCUT2D eigenvalue weighted by molar-refractivity contribution is 0.0708. The van der Waals surface area contributed by atoms with Gasteiger partial charge in [0.05, 0.1) is 23.6 Å². The second kappa shape index (κ2) is 8.27. The Kier molecular flexibility index (Phi) is 5.30. The van der Waals surface area contributed by atoms with Crippen LogP contribution >= 0.6 is 11.6 Å². The lowest BCUT2D eigenvalue weighted by Crippen LogP contribution is -2.43. The number of carbonyl (C=O) groups excluding carboxylic acids is 1. The normalized spacial score (nSPS) is 17.0. The zero-order valence-corrected chi connectivity index (χ0v) is 18.7. The number of benzene rings is 2. The van der Waals surface area contributed by atoms with Gasteiger partial charge in [-0.3, -0.25) is 4.79 Å². The maximum Gasteiger partial charge on any atom is 0.298 e. The van der Waals surface area contributed by atoms with Crippen LogP contribution in [-0.4, -0.2) is 56.5 Å². The van der Waals surface area contributed by atoms with Crippen molar-refractivity contribution in [1.82, 2.24) is 24.9 Å². The van der Waals surface area contributed by atoms with Gasteiger partial charge in [0.25, 0.3) is 11.9 Å². The summed E-state index contributed by atoms with van der Waals surface area (Å²) in [5.74, 6) is -0.0281. The van der Waals surface area contributed by atoms with Gasteiger partial charge in [-0.2, -0.15) is 20.0 Å². The Morgan fingerprint density at radius 2 is 1.94 bits per heavy atom. The number of aryl methyl sites for hydroxylation is 1. The zero-order valence-electron chi connectivity index (χ0n) is 17.9. The summed E-state index contributed by atoms with van der Waals surface area (Å²) in [5.41, 5.74) is 3.71. The molecule has 1 fully saturated rings. The monoisotopic (exact) mass is 450 g/mol. The molecule has 8 nitrogen and oxygen atoms in total. The molecule has 9 heteroatoms. The predicted octanol–water partition coefficient (Wildman–Crippen LogP) is 4.11. The molecule has 0 N–H and O–H groups in total. The van der Waals surface area contributed by atoms with Gasteiger partial charge in [-0.05, 0) is 50.6 Å². The van der Waals surface area contributed by atoms with Crippen molar-refractivity contribution in [3.63, 3.8) is 0 Å². The number of aromatic nitrogens is 4. The number of halogens is 1. The fourth-order valence-corrected chi connectivity index (χ4v) is 4.32. The molecule has 1 saturated heterocycles. The first kappa shape index (κ1) is 20.5. The minimum atomic E-state index is -0.0393. The molecule has 2 aromatic heterocycles. The third kappa shape index (κ3) is 3.82. The highest BCUT2D eigenvalue weighted by Gasteiger charge is 2.30. The smallest absolute Gasteiger partial charge is 0.298 e. The van der Waals surface area contributed by atoms with Gasteiger partial charge in [-0.1, -0.05) is 23.2 Å². The molecule has 0 spiro atoms. The van der Waals surface area contributed by atoms with Gasteiger partial charge in [0.2, 0.25) is 0 Å². The predicted molar refractivity (Wildman–Crippen MR) is 122 cm³/mol. The van der Waals surface area contributed by atoms with Crippen molar-refractivity contribution in [1.29, 1.82) is 0 Å². The first-order valence-electron chi connectivity index (χ1n) is 10.6. The third-order valence-corrected chi connectivity index (χ3v) is 5.97. The fraction of sp³-hybridized carbons (Fsp3) is 0.304. The first-order chi connectivity index (χ1) is 15.5. The summed E-state index contributed by atoms with van der Waals surface area (Å²) in [6.07, 6.45) is 4.01. The van der Waals surface area contributed by atoms with E-state index in [0.717, 1.165) is 24.0 Å². The highest BCUT2D eigenvalue weighted by Crippen LogP contribution is 2.27. The Hall–Kier alpha value is -3.39. The topological polar surface area (TPSA) is 80.3 Å². The molecule has 4 aromatic rings. The molecule has 1 aliphatic heterocycles. The second-order valence-electron chi connectivity index (χ2n) is 8.09. The quantitative estimate of drug-likeness (QED) is 0.467. The van der Waals surface area contributed by atoms with Crippen LogP contribution in [0.5, 0.6) is 0 Å². The molecule has 0 aliphatic carbocycles. The van der Waals surface area contributed by atoms with E-state index in [9.17, 15) is 4.79 Å². The fourth-order valence-electron chi connectivity index (χ4n) is 4.15. The molecule has 1 atom stereocenters. The lowest BCUT2D eigenvalue weighted by atomic mass is 10.1. The summed E-state index contributed by atoms with van der Waals surface area (Å²) < 4.78 is 5.96. The second-order valence-corrected chi connectivity index (χ2v) is 8.53. The van der Waals surface area contributed by atoms with Gasteiger partial charge in [-0.15, -0.1) is 0 Å². The third-order valence-electron chi connectivity index (χ3n) is 5.73. The van der Waals surface area contributed by atoms with Crippen molar-refractivity contribution < 1.29 is 9.21 Å². The summed E-state index contributed by atoms with van der Waals surface area (Å²) >= 11 is 6.09. The largest absolute Gasteiger partial charge is 0.423 e. The Morgan fingerprint density at radius 3 is 2.75 bits per heavy atom. The first-order valence-corrected chi connectivity index (χ1v) is 11.0. The van der Waals surface area contributed by atoms with Gasteiger partial charge in [0.15, 0.2) is 5.58 Å². The number of rotatable bonds is 3. The molecule has 1 amide bonds. The standard InChI is InChI=1S/C23H23ClN6O2/c1-15-4-6-20(30-25-8-9-26-30)18(12-15)22(31)29-11-3-10-28(14-16(29)2)23-27-19-13-17(24)5-7-21(19)32-23/h4-9,12-13,16H,3,10-11,14H2,1-2H3/t16-/m1/s1. The van der Waals surface area contributed by atoms with E-state index in [2.05, 4.69) is 27.0 Å². The van der Waals surface area contributed by atoms with Crippen molar-refractivity contribution in [2.45, 2.75) is 26.3 Å². The molecular weight excluding hydrogens is 428 g/mol. The van der Waals surface area contributed by atoms with Crippen molar-refractivity contribution in [2.75, 3.05) is 24.5 Å². The number of oxazole rings is 1. The molecule has 5 rings (SSSR count). The average Bonchev–Trinajstić information content (AvgIpc) is 3.41. The number of anilines is 1. The van der Waals surface area contributed by atoms with Crippen LogP contribution in [0.3, 0.4) is 0 Å². The number of fused-ring (bicyclic) bond motifs is 1. The van der Waals surface area contributed by atoms with Crippen LogP contribution in [0.2, 0.25) is 5.02 Å². The number of hydrogen-bond acceptors (Lipinski definition) is 6. The molecule has 32 heavy (non-hydrogen) atoms. The average molecular weight is 451 g/mol. The van der Waals surface area contributed by atoms with Crippen molar-refractivity contribution in [3.05, 3.63) is 64.9 Å². The van der Waals surface area contributed by atoms with Gasteiger partial charge in [-0.25, -0.2) is 0 Å². The van der Waals surface area contributed by atoms with E-state index in [1.165, 1.54) is 4.80 Å². The molecule has 3 heterocycles. The number of carbonyl (C=O) groups is 1. The molecule has 0 saturated carbocycles. The van der Waals surface area contributed by atoms with Crippen LogP contribution in [-0.2, 0) is 0 Å².